The highest BCUT2D eigenvalue weighted by Crippen LogP contribution is 2.47. The fourth-order valence-corrected chi connectivity index (χ4v) is 2.03. The van der Waals surface area contributed by atoms with Crippen molar-refractivity contribution in [1.29, 1.82) is 0 Å². The van der Waals surface area contributed by atoms with E-state index < -0.39 is 0 Å². The third kappa shape index (κ3) is 1.42. The highest BCUT2D eigenvalue weighted by atomic mass is 14.4. The molecule has 0 radical (unpaired) electrons. The fourth-order valence-electron chi connectivity index (χ4n) is 2.03. The summed E-state index contributed by atoms with van der Waals surface area (Å²) in [6.07, 6.45) is 7.80. The maximum Gasteiger partial charge on any atom is 0.0182 e. The van der Waals surface area contributed by atoms with E-state index in [2.05, 4.69) is 53.5 Å². The van der Waals surface area contributed by atoms with E-state index in [4.69, 9.17) is 6.42 Å². The molecule has 0 amide bonds. The van der Waals surface area contributed by atoms with Crippen LogP contribution in [0.2, 0.25) is 0 Å². The van der Waals surface area contributed by atoms with Gasteiger partial charge in [0.15, 0.2) is 0 Å². The smallest absolute Gasteiger partial charge is 0.0182 e. The van der Waals surface area contributed by atoms with Crippen molar-refractivity contribution < 1.29 is 0 Å². The summed E-state index contributed by atoms with van der Waals surface area (Å²) in [7, 11) is 0. The van der Waals surface area contributed by atoms with Gasteiger partial charge in [-0.15, -0.1) is 6.42 Å². The summed E-state index contributed by atoms with van der Waals surface area (Å²) in [5, 5.41) is 0. The van der Waals surface area contributed by atoms with Crippen LogP contribution < -0.4 is 0 Å². The second kappa shape index (κ2) is 3.02. The summed E-state index contributed by atoms with van der Waals surface area (Å²) < 4.78 is 0. The highest BCUT2D eigenvalue weighted by Gasteiger charge is 2.35. The summed E-state index contributed by atoms with van der Waals surface area (Å²) >= 11 is 0. The van der Waals surface area contributed by atoms with Gasteiger partial charge in [0, 0.05) is 16.4 Å². The molecule has 0 N–H and O–H groups in total. The van der Waals surface area contributed by atoms with E-state index in [0.717, 1.165) is 5.57 Å². The van der Waals surface area contributed by atoms with Crippen molar-refractivity contribution >= 4 is 0 Å². The normalized spacial score (nSPS) is 24.2. The maximum atomic E-state index is 5.57. The topological polar surface area (TPSA) is 0 Å². The molecule has 0 aromatic rings. The zero-order valence-corrected chi connectivity index (χ0v) is 10.2. The van der Waals surface area contributed by atoms with Gasteiger partial charge >= 0.3 is 0 Å². The Morgan fingerprint density at radius 3 is 2.00 bits per heavy atom. The third-order valence-corrected chi connectivity index (χ3v) is 3.80. The molecule has 0 heterocycles. The SMILES string of the molecule is C#CC1=CC(C)(C)C(C)=C(C)C1(C)C. The average Bonchev–Trinajstić information content (AvgIpc) is 2.09. The Hall–Kier alpha value is -0.960. The predicted molar refractivity (Wildman–Crippen MR) is 62.9 cm³/mol. The van der Waals surface area contributed by atoms with Gasteiger partial charge in [-0.2, -0.15) is 0 Å². The summed E-state index contributed by atoms with van der Waals surface area (Å²) in [5.41, 5.74) is 4.13. The second-order valence-electron chi connectivity index (χ2n) is 5.30. The van der Waals surface area contributed by atoms with Crippen molar-refractivity contribution in [3.8, 4) is 12.3 Å². The van der Waals surface area contributed by atoms with Crippen LogP contribution in [-0.4, -0.2) is 0 Å². The summed E-state index contributed by atoms with van der Waals surface area (Å²) in [4.78, 5) is 0. The van der Waals surface area contributed by atoms with Gasteiger partial charge in [0.05, 0.1) is 0 Å². The van der Waals surface area contributed by atoms with Crippen molar-refractivity contribution in [2.45, 2.75) is 41.5 Å². The van der Waals surface area contributed by atoms with E-state index in [1.807, 2.05) is 0 Å². The Bertz CT molecular complexity index is 354. The molecule has 0 atom stereocenters. The lowest BCUT2D eigenvalue weighted by molar-refractivity contribution is 0.460. The zero-order chi connectivity index (χ0) is 11.1. The number of hydrogen-bond acceptors (Lipinski definition) is 0. The van der Waals surface area contributed by atoms with Crippen molar-refractivity contribution in [1.82, 2.24) is 0 Å². The number of terminal acetylenes is 1. The van der Waals surface area contributed by atoms with E-state index in [1.54, 1.807) is 0 Å². The number of rotatable bonds is 0. The van der Waals surface area contributed by atoms with Gasteiger partial charge in [0.25, 0.3) is 0 Å². The minimum atomic E-state index is 0.0361. The van der Waals surface area contributed by atoms with E-state index in [-0.39, 0.29) is 10.8 Å². The maximum absolute atomic E-state index is 5.57. The van der Waals surface area contributed by atoms with Crippen LogP contribution in [0.25, 0.3) is 0 Å². The van der Waals surface area contributed by atoms with E-state index in [0.29, 0.717) is 0 Å². The molecule has 14 heavy (non-hydrogen) atoms. The standard InChI is InChI=1S/C14H20/c1-8-12-9-13(4,5)10(2)11(3)14(12,6)7/h1,9H,2-7H3. The van der Waals surface area contributed by atoms with Crippen molar-refractivity contribution in [2.75, 3.05) is 0 Å². The Balaban J connectivity index is 3.39. The first-order valence-electron chi connectivity index (χ1n) is 5.12. The van der Waals surface area contributed by atoms with Crippen LogP contribution in [0.15, 0.2) is 22.8 Å². The Labute approximate surface area is 88.1 Å². The molecule has 0 spiro atoms. The van der Waals surface area contributed by atoms with E-state index >= 15 is 0 Å². The van der Waals surface area contributed by atoms with Gasteiger partial charge in [0.1, 0.15) is 0 Å². The van der Waals surface area contributed by atoms with Gasteiger partial charge < -0.3 is 0 Å². The first kappa shape index (κ1) is 11.1. The second-order valence-corrected chi connectivity index (χ2v) is 5.30. The Kier molecular flexibility index (Phi) is 2.40. The van der Waals surface area contributed by atoms with E-state index in [1.165, 1.54) is 11.1 Å². The number of hydrogen-bond donors (Lipinski definition) is 0. The van der Waals surface area contributed by atoms with Crippen molar-refractivity contribution in [2.24, 2.45) is 10.8 Å². The largest absolute Gasteiger partial charge is 0.115 e. The molecule has 0 aromatic heterocycles. The Morgan fingerprint density at radius 1 is 1.07 bits per heavy atom. The molecule has 76 valence electrons. The van der Waals surface area contributed by atoms with Crippen LogP contribution >= 0.6 is 0 Å². The quantitative estimate of drug-likeness (QED) is 0.399. The molecule has 0 aliphatic heterocycles. The lowest BCUT2D eigenvalue weighted by Gasteiger charge is -2.39. The van der Waals surface area contributed by atoms with Crippen molar-refractivity contribution in [3.63, 3.8) is 0 Å². The molecule has 0 aromatic carbocycles. The Morgan fingerprint density at radius 2 is 1.57 bits per heavy atom. The molecule has 1 aliphatic rings. The molecular weight excluding hydrogens is 168 g/mol. The minimum absolute atomic E-state index is 0.0361. The molecule has 0 bridgehead atoms. The zero-order valence-electron chi connectivity index (χ0n) is 10.2. The summed E-state index contributed by atoms with van der Waals surface area (Å²) in [5.74, 6) is 2.83. The van der Waals surface area contributed by atoms with Gasteiger partial charge in [-0.3, -0.25) is 0 Å². The van der Waals surface area contributed by atoms with Gasteiger partial charge in [-0.1, -0.05) is 50.8 Å². The first-order chi connectivity index (χ1) is 6.23. The summed E-state index contributed by atoms with van der Waals surface area (Å²) in [6.45, 7) is 13.2. The third-order valence-electron chi connectivity index (χ3n) is 3.80. The lowest BCUT2D eigenvalue weighted by atomic mass is 9.65. The van der Waals surface area contributed by atoms with Crippen LogP contribution in [0.3, 0.4) is 0 Å². The highest BCUT2D eigenvalue weighted by molar-refractivity contribution is 5.47. The molecule has 1 aliphatic carbocycles. The number of allylic oxidation sites excluding steroid dienone is 4. The molecule has 0 heteroatoms. The fraction of sp³-hybridized carbons (Fsp3) is 0.571. The molecule has 0 nitrogen and oxygen atoms in total. The molecule has 0 saturated heterocycles. The van der Waals surface area contributed by atoms with Crippen LogP contribution in [0.4, 0.5) is 0 Å². The van der Waals surface area contributed by atoms with Crippen LogP contribution in [-0.2, 0) is 0 Å². The first-order valence-corrected chi connectivity index (χ1v) is 5.12. The molecule has 0 saturated carbocycles. The lowest BCUT2D eigenvalue weighted by Crippen LogP contribution is -2.27. The van der Waals surface area contributed by atoms with Crippen molar-refractivity contribution in [3.05, 3.63) is 22.8 Å². The summed E-state index contributed by atoms with van der Waals surface area (Å²) in [6, 6.07) is 0. The van der Waals surface area contributed by atoms with Gasteiger partial charge in [-0.25, -0.2) is 0 Å². The van der Waals surface area contributed by atoms with Crippen LogP contribution in [0.5, 0.6) is 0 Å². The molecular formula is C14H20. The van der Waals surface area contributed by atoms with E-state index in [9.17, 15) is 0 Å². The monoisotopic (exact) mass is 188 g/mol. The molecule has 1 rings (SSSR count). The predicted octanol–water partition coefficient (Wildman–Crippen LogP) is 3.95. The van der Waals surface area contributed by atoms with Gasteiger partial charge in [0.2, 0.25) is 0 Å². The molecule has 0 unspecified atom stereocenters. The van der Waals surface area contributed by atoms with Gasteiger partial charge in [-0.05, 0) is 13.8 Å². The molecule has 0 fully saturated rings. The average molecular weight is 188 g/mol. The van der Waals surface area contributed by atoms with Crippen LogP contribution in [0, 0.1) is 23.2 Å². The van der Waals surface area contributed by atoms with Crippen LogP contribution in [0.1, 0.15) is 41.5 Å². The minimum Gasteiger partial charge on any atom is -0.115 e.